The molecule has 4 rings (SSSR count). The van der Waals surface area contributed by atoms with Crippen molar-refractivity contribution in [2.45, 2.75) is 27.3 Å². The highest BCUT2D eigenvalue weighted by Crippen LogP contribution is 2.35. The van der Waals surface area contributed by atoms with Gasteiger partial charge >= 0.3 is 0 Å². The lowest BCUT2D eigenvalue weighted by Crippen LogP contribution is -2.22. The lowest BCUT2D eigenvalue weighted by atomic mass is 10.0. The quantitative estimate of drug-likeness (QED) is 0.271. The number of aromatic nitrogens is 1. The molecule has 154 valence electrons. The van der Waals surface area contributed by atoms with Gasteiger partial charge in [-0.15, -0.1) is 0 Å². The van der Waals surface area contributed by atoms with Crippen molar-refractivity contribution in [3.63, 3.8) is 0 Å². The lowest BCUT2D eigenvalue weighted by Gasteiger charge is -2.20. The Morgan fingerprint density at radius 2 is 1.73 bits per heavy atom. The van der Waals surface area contributed by atoms with Crippen molar-refractivity contribution in [2.75, 3.05) is 18.4 Å². The number of rotatable bonds is 6. The van der Waals surface area contributed by atoms with Crippen molar-refractivity contribution in [2.24, 2.45) is 0 Å². The number of hydrogen-bond acceptors (Lipinski definition) is 4. The fourth-order valence-corrected chi connectivity index (χ4v) is 3.95. The van der Waals surface area contributed by atoms with Crippen LogP contribution in [0.15, 0.2) is 54.6 Å². The normalized spacial score (nSPS) is 11.5. The Morgan fingerprint density at radius 3 is 2.50 bits per heavy atom. The van der Waals surface area contributed by atoms with E-state index in [9.17, 15) is 5.11 Å². The van der Waals surface area contributed by atoms with Gasteiger partial charge in [-0.1, -0.05) is 37.1 Å². The average molecular weight is 420 g/mol. The van der Waals surface area contributed by atoms with Crippen molar-refractivity contribution in [1.82, 2.24) is 9.88 Å². The van der Waals surface area contributed by atoms with Gasteiger partial charge < -0.3 is 10.4 Å². The summed E-state index contributed by atoms with van der Waals surface area (Å²) >= 11 is 6.23. The summed E-state index contributed by atoms with van der Waals surface area (Å²) in [6.45, 7) is 8.93. The molecule has 3 aromatic carbocycles. The minimum Gasteiger partial charge on any atom is -0.508 e. The van der Waals surface area contributed by atoms with Gasteiger partial charge in [-0.25, -0.2) is 4.98 Å². The summed E-state index contributed by atoms with van der Waals surface area (Å²) in [4.78, 5) is 7.08. The van der Waals surface area contributed by atoms with Crippen LogP contribution in [0.25, 0.3) is 21.8 Å². The van der Waals surface area contributed by atoms with E-state index in [0.29, 0.717) is 17.3 Å². The Kier molecular flexibility index (Phi) is 5.80. The molecule has 0 aliphatic heterocycles. The van der Waals surface area contributed by atoms with Crippen LogP contribution >= 0.6 is 11.6 Å². The van der Waals surface area contributed by atoms with Crippen LogP contribution in [0, 0.1) is 6.92 Å². The molecule has 0 saturated carbocycles. The van der Waals surface area contributed by atoms with Crippen LogP contribution in [0.1, 0.15) is 25.0 Å². The Bertz CT molecular complexity index is 1220. The largest absolute Gasteiger partial charge is 0.508 e. The van der Waals surface area contributed by atoms with Gasteiger partial charge in [-0.05, 0) is 68.5 Å². The van der Waals surface area contributed by atoms with Gasteiger partial charge in [0.2, 0.25) is 0 Å². The smallest absolute Gasteiger partial charge is 0.120 e. The molecule has 30 heavy (non-hydrogen) atoms. The first-order valence-corrected chi connectivity index (χ1v) is 10.7. The van der Waals surface area contributed by atoms with Crippen LogP contribution in [0.3, 0.4) is 0 Å². The van der Waals surface area contributed by atoms with Crippen LogP contribution in [0.4, 0.5) is 11.4 Å². The number of aryl methyl sites for hydroxylation is 1. The number of pyridine rings is 1. The van der Waals surface area contributed by atoms with Crippen molar-refractivity contribution >= 4 is 44.8 Å². The summed E-state index contributed by atoms with van der Waals surface area (Å²) in [5, 5.41) is 16.7. The van der Waals surface area contributed by atoms with Gasteiger partial charge in [0.15, 0.2) is 0 Å². The Labute approximate surface area is 182 Å². The Morgan fingerprint density at radius 1 is 0.933 bits per heavy atom. The zero-order valence-corrected chi connectivity index (χ0v) is 18.3. The number of nitrogens with one attached hydrogen (secondary N) is 1. The summed E-state index contributed by atoms with van der Waals surface area (Å²) in [6, 6.07) is 17.7. The Balaban J connectivity index is 1.84. The number of halogens is 1. The highest BCUT2D eigenvalue weighted by molar-refractivity contribution is 6.31. The van der Waals surface area contributed by atoms with Gasteiger partial charge in [0.25, 0.3) is 0 Å². The van der Waals surface area contributed by atoms with E-state index in [4.69, 9.17) is 16.6 Å². The van der Waals surface area contributed by atoms with Gasteiger partial charge in [0.05, 0.1) is 16.7 Å². The molecule has 4 nitrogen and oxygen atoms in total. The number of phenols is 1. The van der Waals surface area contributed by atoms with E-state index in [1.807, 2.05) is 36.4 Å². The molecule has 0 saturated heterocycles. The molecule has 0 spiro atoms. The standard InChI is InChI=1S/C25H26ClN3O/c1-4-29(5-2)15-17-13-19(8-11-24(17)30)27-25-20-9-7-18(26)14-23(20)28-22-10-6-16(3)12-21(22)25/h6-14,30H,4-5,15H2,1-3H3,(H,27,28). The molecular formula is C25H26ClN3O. The van der Waals surface area contributed by atoms with Crippen molar-refractivity contribution < 1.29 is 5.11 Å². The molecule has 2 N–H and O–H groups in total. The monoisotopic (exact) mass is 419 g/mol. The minimum atomic E-state index is 0.319. The molecule has 0 radical (unpaired) electrons. The third-order valence-corrected chi connectivity index (χ3v) is 5.76. The second-order valence-electron chi connectivity index (χ2n) is 7.60. The van der Waals surface area contributed by atoms with Crippen molar-refractivity contribution in [3.05, 3.63) is 70.7 Å². The summed E-state index contributed by atoms with van der Waals surface area (Å²) in [5.41, 5.74) is 5.78. The highest BCUT2D eigenvalue weighted by Gasteiger charge is 2.12. The van der Waals surface area contributed by atoms with E-state index < -0.39 is 0 Å². The van der Waals surface area contributed by atoms with Crippen molar-refractivity contribution in [3.8, 4) is 5.75 Å². The fraction of sp³-hybridized carbons (Fsp3) is 0.240. The molecule has 0 aliphatic carbocycles. The summed E-state index contributed by atoms with van der Waals surface area (Å²) < 4.78 is 0. The maximum Gasteiger partial charge on any atom is 0.120 e. The van der Waals surface area contributed by atoms with E-state index in [0.717, 1.165) is 51.8 Å². The lowest BCUT2D eigenvalue weighted by molar-refractivity contribution is 0.291. The second kappa shape index (κ2) is 8.50. The predicted octanol–water partition coefficient (Wildman–Crippen LogP) is 6.64. The van der Waals surface area contributed by atoms with E-state index in [1.165, 1.54) is 5.56 Å². The topological polar surface area (TPSA) is 48.4 Å². The first kappa shape index (κ1) is 20.5. The first-order chi connectivity index (χ1) is 14.5. The number of hydrogen-bond donors (Lipinski definition) is 2. The summed E-state index contributed by atoms with van der Waals surface area (Å²) in [5.74, 6) is 0.319. The number of phenolic OH excluding ortho intramolecular Hbond substituents is 1. The van der Waals surface area contributed by atoms with E-state index in [1.54, 1.807) is 6.07 Å². The van der Waals surface area contributed by atoms with Gasteiger partial charge in [-0.3, -0.25) is 4.90 Å². The molecule has 0 bridgehead atoms. The van der Waals surface area contributed by atoms with E-state index >= 15 is 0 Å². The first-order valence-electron chi connectivity index (χ1n) is 10.3. The molecule has 0 atom stereocenters. The van der Waals surface area contributed by atoms with Gasteiger partial charge in [-0.2, -0.15) is 0 Å². The van der Waals surface area contributed by atoms with Crippen molar-refractivity contribution in [1.29, 1.82) is 0 Å². The molecular weight excluding hydrogens is 394 g/mol. The number of anilines is 2. The average Bonchev–Trinajstić information content (AvgIpc) is 2.74. The highest BCUT2D eigenvalue weighted by atomic mass is 35.5. The second-order valence-corrected chi connectivity index (χ2v) is 8.04. The zero-order chi connectivity index (χ0) is 21.3. The van der Waals surface area contributed by atoms with Crippen LogP contribution < -0.4 is 5.32 Å². The zero-order valence-electron chi connectivity index (χ0n) is 17.5. The maximum absolute atomic E-state index is 10.4. The van der Waals surface area contributed by atoms with Crippen LogP contribution in [0.5, 0.6) is 5.75 Å². The third-order valence-electron chi connectivity index (χ3n) is 5.53. The molecule has 5 heteroatoms. The number of aromatic hydroxyl groups is 1. The molecule has 0 unspecified atom stereocenters. The van der Waals surface area contributed by atoms with E-state index in [-0.39, 0.29) is 0 Å². The molecule has 0 fully saturated rings. The SMILES string of the molecule is CCN(CC)Cc1cc(Nc2c3ccc(Cl)cc3nc3ccc(C)cc23)ccc1O. The van der Waals surface area contributed by atoms with Gasteiger partial charge in [0.1, 0.15) is 5.75 Å². The third kappa shape index (κ3) is 4.07. The summed E-state index contributed by atoms with van der Waals surface area (Å²) in [7, 11) is 0. The Hall–Kier alpha value is -2.82. The van der Waals surface area contributed by atoms with Crippen LogP contribution in [-0.4, -0.2) is 28.1 Å². The van der Waals surface area contributed by atoms with Gasteiger partial charge in [0, 0.05) is 33.6 Å². The van der Waals surface area contributed by atoms with Crippen LogP contribution in [-0.2, 0) is 6.54 Å². The number of fused-ring (bicyclic) bond motifs is 2. The summed E-state index contributed by atoms with van der Waals surface area (Å²) in [6.07, 6.45) is 0. The maximum atomic E-state index is 10.4. The molecule has 1 aromatic heterocycles. The minimum absolute atomic E-state index is 0.319. The molecule has 4 aromatic rings. The molecule has 0 aliphatic rings. The number of nitrogens with zero attached hydrogens (tertiary/aromatic N) is 2. The fourth-order valence-electron chi connectivity index (χ4n) is 3.79. The van der Waals surface area contributed by atoms with Crippen LogP contribution in [0.2, 0.25) is 5.02 Å². The van der Waals surface area contributed by atoms with E-state index in [2.05, 4.69) is 43.1 Å². The molecule has 1 heterocycles. The predicted molar refractivity (Wildman–Crippen MR) is 127 cm³/mol. The molecule has 0 amide bonds. The number of benzene rings is 3.